The number of allylic oxidation sites excluding steroid dienone is 1. The topological polar surface area (TPSA) is 91.5 Å². The van der Waals surface area contributed by atoms with E-state index in [0.717, 1.165) is 11.8 Å². The lowest BCUT2D eigenvalue weighted by molar-refractivity contribution is -0.145. The molecule has 0 saturated heterocycles. The highest BCUT2D eigenvalue weighted by atomic mass is 35.5. The van der Waals surface area contributed by atoms with Gasteiger partial charge in [0, 0.05) is 16.7 Å². The maximum atomic E-state index is 12.9. The molecule has 0 aliphatic carbocycles. The molecule has 1 heterocycles. The molecule has 0 bridgehead atoms. The number of para-hydroxylation sites is 1. The van der Waals surface area contributed by atoms with Gasteiger partial charge < -0.3 is 10.1 Å². The van der Waals surface area contributed by atoms with Crippen LogP contribution in [0.1, 0.15) is 18.4 Å². The molecule has 0 spiro atoms. The zero-order chi connectivity index (χ0) is 24.7. The Balaban J connectivity index is 1.93. The maximum absolute atomic E-state index is 12.9. The van der Waals surface area contributed by atoms with E-state index in [0.29, 0.717) is 32.0 Å². The van der Waals surface area contributed by atoms with Crippen LogP contribution in [0.4, 0.5) is 5.69 Å². The first-order chi connectivity index (χ1) is 16.4. The van der Waals surface area contributed by atoms with E-state index in [1.807, 2.05) is 0 Å². The van der Waals surface area contributed by atoms with E-state index in [2.05, 4.69) is 23.0 Å². The molecule has 1 amide bonds. The van der Waals surface area contributed by atoms with Gasteiger partial charge in [0.1, 0.15) is 17.6 Å². The summed E-state index contributed by atoms with van der Waals surface area (Å²) in [7, 11) is 0. The number of benzene rings is 2. The lowest BCUT2D eigenvalue weighted by atomic mass is 9.77. The zero-order valence-electron chi connectivity index (χ0n) is 18.3. The molecule has 1 unspecified atom stereocenters. The number of esters is 1. The van der Waals surface area contributed by atoms with Gasteiger partial charge >= 0.3 is 5.97 Å². The largest absolute Gasteiger partial charge is 0.461 e. The van der Waals surface area contributed by atoms with Crippen LogP contribution in [0, 0.1) is 17.2 Å². The molecule has 1 aliphatic heterocycles. The summed E-state index contributed by atoms with van der Waals surface area (Å²) in [4.78, 5) is 30.0. The molecule has 2 atom stereocenters. The molecular weight excluding hydrogens is 493 g/mol. The molecule has 1 aliphatic rings. The summed E-state index contributed by atoms with van der Waals surface area (Å²) in [5, 5.41) is 14.0. The molecule has 0 aromatic heterocycles. The fourth-order valence-electron chi connectivity index (χ4n) is 3.54. The van der Waals surface area contributed by atoms with E-state index in [-0.39, 0.29) is 23.8 Å². The highest BCUT2D eigenvalue weighted by molar-refractivity contribution is 8.03. The number of nitrogens with one attached hydrogen (secondary N) is 1. The first kappa shape index (κ1) is 25.6. The van der Waals surface area contributed by atoms with Crippen LogP contribution >= 0.6 is 35.0 Å². The van der Waals surface area contributed by atoms with Crippen molar-refractivity contribution < 1.29 is 14.3 Å². The van der Waals surface area contributed by atoms with Gasteiger partial charge in [-0.05, 0) is 30.7 Å². The fourth-order valence-corrected chi connectivity index (χ4v) is 4.85. The van der Waals surface area contributed by atoms with Gasteiger partial charge in [0.15, 0.2) is 0 Å². The van der Waals surface area contributed by atoms with Crippen LogP contribution in [-0.4, -0.2) is 29.9 Å². The van der Waals surface area contributed by atoms with E-state index in [1.165, 1.54) is 6.08 Å². The summed E-state index contributed by atoms with van der Waals surface area (Å²) in [6.07, 6.45) is 1.47. The van der Waals surface area contributed by atoms with Crippen molar-refractivity contribution in [3.63, 3.8) is 0 Å². The predicted octanol–water partition coefficient (Wildman–Crippen LogP) is 6.00. The smallest absolute Gasteiger partial charge is 0.315 e. The first-order valence-electron chi connectivity index (χ1n) is 10.3. The number of nitrogens with zero attached hydrogens (tertiary/aromatic N) is 2. The van der Waals surface area contributed by atoms with Crippen LogP contribution in [0.2, 0.25) is 10.0 Å². The summed E-state index contributed by atoms with van der Waals surface area (Å²) in [6.45, 7) is 5.30. The second kappa shape index (κ2) is 11.9. The molecule has 0 saturated carbocycles. The molecule has 2 aromatic carbocycles. The van der Waals surface area contributed by atoms with Crippen molar-refractivity contribution >= 4 is 58.2 Å². The molecule has 2 aromatic rings. The van der Waals surface area contributed by atoms with Crippen molar-refractivity contribution in [2.45, 2.75) is 12.8 Å². The number of hydrogen-bond acceptors (Lipinski definition) is 6. The van der Waals surface area contributed by atoms with Gasteiger partial charge in [0.25, 0.3) is 0 Å². The monoisotopic (exact) mass is 513 g/mol. The highest BCUT2D eigenvalue weighted by Crippen LogP contribution is 2.44. The Labute approximate surface area is 212 Å². The summed E-state index contributed by atoms with van der Waals surface area (Å²) in [6, 6.07) is 16.1. The molecule has 34 heavy (non-hydrogen) atoms. The number of nitriles is 1. The molecule has 3 rings (SSSR count). The molecular formula is C25H21Cl2N3O3S. The summed E-state index contributed by atoms with van der Waals surface area (Å²) < 4.78 is 5.30. The van der Waals surface area contributed by atoms with E-state index < -0.39 is 17.8 Å². The Hall–Kier alpha value is -3.05. The maximum Gasteiger partial charge on any atom is 0.315 e. The van der Waals surface area contributed by atoms with Crippen molar-refractivity contribution in [1.82, 2.24) is 0 Å². The third-order valence-corrected chi connectivity index (χ3v) is 6.71. The standard InChI is InChI=1S/C25H21Cl2N3O3S/c1-3-12-33-25(32)22-15(2)29-24(17(13-28)23(22)16-8-4-5-9-18(16)26)34-14-21(31)30-20-11-7-6-10-19(20)27/h3-11,22-23H,1,12,14H2,2H3,(H,30,31)/t22?,23-/m1/s1. The molecule has 174 valence electrons. The Bertz CT molecular complexity index is 1220. The number of hydrogen-bond donors (Lipinski definition) is 1. The van der Waals surface area contributed by atoms with Crippen molar-refractivity contribution in [2.75, 3.05) is 17.7 Å². The number of ether oxygens (including phenoxy) is 1. The number of aliphatic imine (C=N–C) groups is 1. The van der Waals surface area contributed by atoms with Crippen LogP contribution in [0.25, 0.3) is 0 Å². The van der Waals surface area contributed by atoms with Crippen LogP contribution in [0.3, 0.4) is 0 Å². The first-order valence-corrected chi connectivity index (χ1v) is 12.0. The SMILES string of the molecule is C=CCOC(=O)C1C(C)=NC(SCC(=O)Nc2ccccc2Cl)=C(C#N)[C@H]1c1ccccc1Cl. The molecule has 6 nitrogen and oxygen atoms in total. The molecule has 1 N–H and O–H groups in total. The van der Waals surface area contributed by atoms with Gasteiger partial charge in [0.2, 0.25) is 5.91 Å². The normalized spacial score (nSPS) is 17.4. The Kier molecular flexibility index (Phi) is 8.94. The van der Waals surface area contributed by atoms with Gasteiger partial charge in [-0.25, -0.2) is 4.99 Å². The van der Waals surface area contributed by atoms with Crippen molar-refractivity contribution in [2.24, 2.45) is 10.9 Å². The third-order valence-electron chi connectivity index (χ3n) is 5.05. The number of thioether (sulfide) groups is 1. The second-order valence-corrected chi connectivity index (χ2v) is 9.07. The lowest BCUT2D eigenvalue weighted by Crippen LogP contribution is -2.34. The van der Waals surface area contributed by atoms with Crippen molar-refractivity contribution in [3.05, 3.63) is 87.4 Å². The van der Waals surface area contributed by atoms with E-state index in [9.17, 15) is 14.9 Å². The quantitative estimate of drug-likeness (QED) is 0.345. The van der Waals surface area contributed by atoms with E-state index in [1.54, 1.807) is 55.5 Å². The van der Waals surface area contributed by atoms with Crippen LogP contribution in [0.5, 0.6) is 0 Å². The summed E-state index contributed by atoms with van der Waals surface area (Å²) >= 11 is 13.7. The minimum atomic E-state index is -0.837. The second-order valence-electron chi connectivity index (χ2n) is 7.30. The Morgan fingerprint density at radius 1 is 1.21 bits per heavy atom. The number of amides is 1. The predicted molar refractivity (Wildman–Crippen MR) is 137 cm³/mol. The molecule has 0 fully saturated rings. The van der Waals surface area contributed by atoms with Crippen LogP contribution < -0.4 is 5.32 Å². The third kappa shape index (κ3) is 5.89. The summed E-state index contributed by atoms with van der Waals surface area (Å²) in [5.74, 6) is -2.39. The van der Waals surface area contributed by atoms with E-state index in [4.69, 9.17) is 27.9 Å². The minimum Gasteiger partial charge on any atom is -0.461 e. The van der Waals surface area contributed by atoms with Gasteiger partial charge in [0.05, 0.1) is 28.1 Å². The average Bonchev–Trinajstić information content (AvgIpc) is 2.82. The minimum absolute atomic E-state index is 0.0106. The van der Waals surface area contributed by atoms with Gasteiger partial charge in [-0.1, -0.05) is 78.0 Å². The molecule has 9 heteroatoms. The van der Waals surface area contributed by atoms with Crippen molar-refractivity contribution in [3.8, 4) is 6.07 Å². The zero-order valence-corrected chi connectivity index (χ0v) is 20.6. The number of anilines is 1. The Morgan fingerprint density at radius 3 is 2.53 bits per heavy atom. The number of carbonyl (C=O) groups is 2. The van der Waals surface area contributed by atoms with Crippen LogP contribution in [0.15, 0.2) is 76.8 Å². The van der Waals surface area contributed by atoms with Crippen molar-refractivity contribution in [1.29, 1.82) is 5.26 Å². The number of halogens is 2. The van der Waals surface area contributed by atoms with Gasteiger partial charge in [-0.3, -0.25) is 9.59 Å². The highest BCUT2D eigenvalue weighted by Gasteiger charge is 2.41. The van der Waals surface area contributed by atoms with E-state index >= 15 is 0 Å². The fraction of sp³-hybridized carbons (Fsp3) is 0.200. The summed E-state index contributed by atoms with van der Waals surface area (Å²) in [5.41, 5.74) is 1.81. The molecule has 0 radical (unpaired) electrons. The number of carbonyl (C=O) groups excluding carboxylic acids is 2. The lowest BCUT2D eigenvalue weighted by Gasteiger charge is -2.30. The number of rotatable bonds is 8. The van der Waals surface area contributed by atoms with Gasteiger partial charge in [-0.15, -0.1) is 0 Å². The van der Waals surface area contributed by atoms with Crippen LogP contribution in [-0.2, 0) is 14.3 Å². The average molecular weight is 514 g/mol. The van der Waals surface area contributed by atoms with Gasteiger partial charge in [-0.2, -0.15) is 5.26 Å². The Morgan fingerprint density at radius 2 is 1.88 bits per heavy atom.